The third-order valence-corrected chi connectivity index (χ3v) is 6.74. The zero-order valence-corrected chi connectivity index (χ0v) is 20.9. The minimum atomic E-state index is -0.675. The molecule has 0 radical (unpaired) electrons. The highest BCUT2D eigenvalue weighted by Crippen LogP contribution is 2.40. The second-order valence-electron chi connectivity index (χ2n) is 9.65. The first-order valence-electron chi connectivity index (χ1n) is 12.8. The van der Waals surface area contributed by atoms with E-state index < -0.39 is 6.04 Å². The summed E-state index contributed by atoms with van der Waals surface area (Å²) in [6, 6.07) is 27.4. The molecular formula is C30H36N4O2. The van der Waals surface area contributed by atoms with E-state index in [9.17, 15) is 9.59 Å². The van der Waals surface area contributed by atoms with Gasteiger partial charge in [0, 0.05) is 17.5 Å². The van der Waals surface area contributed by atoms with Crippen LogP contribution in [0.5, 0.6) is 0 Å². The molecule has 3 aromatic rings. The van der Waals surface area contributed by atoms with Gasteiger partial charge in [-0.25, -0.2) is 5.84 Å². The molecule has 188 valence electrons. The van der Waals surface area contributed by atoms with Crippen molar-refractivity contribution < 1.29 is 9.59 Å². The van der Waals surface area contributed by atoms with Crippen molar-refractivity contribution in [1.82, 2.24) is 15.6 Å². The second kappa shape index (κ2) is 12.5. The van der Waals surface area contributed by atoms with E-state index in [-0.39, 0.29) is 11.8 Å². The lowest BCUT2D eigenvalue weighted by Crippen LogP contribution is -2.51. The Hall–Kier alpha value is -3.48. The lowest BCUT2D eigenvalue weighted by atomic mass is 10.1. The quantitative estimate of drug-likeness (QED) is 0.155. The van der Waals surface area contributed by atoms with E-state index in [0.717, 1.165) is 30.5 Å². The van der Waals surface area contributed by atoms with Gasteiger partial charge in [-0.15, -0.1) is 0 Å². The number of nitrogens with two attached hydrogens (primary N) is 1. The average Bonchev–Trinajstić information content (AvgIpc) is 3.68. The molecule has 0 saturated heterocycles. The molecule has 2 unspecified atom stereocenters. The van der Waals surface area contributed by atoms with Crippen LogP contribution in [0.3, 0.4) is 0 Å². The smallest absolute Gasteiger partial charge is 0.259 e. The number of hydrogen-bond acceptors (Lipinski definition) is 4. The van der Waals surface area contributed by atoms with Gasteiger partial charge in [-0.3, -0.25) is 14.6 Å². The fourth-order valence-electron chi connectivity index (χ4n) is 4.51. The van der Waals surface area contributed by atoms with Crippen LogP contribution in [0.4, 0.5) is 0 Å². The highest BCUT2D eigenvalue weighted by atomic mass is 16.2. The topological polar surface area (TPSA) is 87.5 Å². The number of carbonyl (C=O) groups is 2. The Bertz CT molecular complexity index is 1120. The van der Waals surface area contributed by atoms with E-state index in [1.54, 1.807) is 12.1 Å². The number of nitrogens with zero attached hydrogens (tertiary/aromatic N) is 1. The van der Waals surface area contributed by atoms with Gasteiger partial charge in [-0.05, 0) is 62.4 Å². The second-order valence-corrected chi connectivity index (χ2v) is 9.65. The first-order valence-corrected chi connectivity index (χ1v) is 12.8. The molecule has 4 rings (SSSR count). The SMILES string of the molecule is Cc1ccc(C(=O)N[C@@H](CCCCNC2CC2c2ccccc2)C(=O)N(N)Cc2ccccc2)cc1. The van der Waals surface area contributed by atoms with E-state index in [1.165, 1.54) is 17.0 Å². The highest BCUT2D eigenvalue weighted by molar-refractivity contribution is 5.97. The van der Waals surface area contributed by atoms with Crippen LogP contribution in [-0.4, -0.2) is 35.5 Å². The average molecular weight is 485 g/mol. The minimum Gasteiger partial charge on any atom is -0.340 e. The molecule has 36 heavy (non-hydrogen) atoms. The third kappa shape index (κ3) is 7.26. The van der Waals surface area contributed by atoms with E-state index in [0.29, 0.717) is 30.5 Å². The summed E-state index contributed by atoms with van der Waals surface area (Å²) in [4.78, 5) is 26.1. The van der Waals surface area contributed by atoms with Crippen molar-refractivity contribution in [3.8, 4) is 0 Å². The first-order chi connectivity index (χ1) is 17.5. The molecule has 1 aliphatic carbocycles. The molecule has 1 saturated carbocycles. The molecule has 3 atom stereocenters. The van der Waals surface area contributed by atoms with Crippen LogP contribution < -0.4 is 16.5 Å². The van der Waals surface area contributed by atoms with Crippen LogP contribution in [0.15, 0.2) is 84.9 Å². The van der Waals surface area contributed by atoms with Crippen molar-refractivity contribution in [2.45, 2.75) is 57.2 Å². The predicted molar refractivity (Wildman–Crippen MR) is 143 cm³/mol. The van der Waals surface area contributed by atoms with Crippen LogP contribution in [0.2, 0.25) is 0 Å². The fourth-order valence-corrected chi connectivity index (χ4v) is 4.51. The van der Waals surface area contributed by atoms with E-state index in [2.05, 4.69) is 34.9 Å². The molecule has 1 fully saturated rings. The summed E-state index contributed by atoms with van der Waals surface area (Å²) in [5, 5.41) is 7.77. The molecule has 4 N–H and O–H groups in total. The van der Waals surface area contributed by atoms with Gasteiger partial charge in [0.25, 0.3) is 11.8 Å². The van der Waals surface area contributed by atoms with Crippen LogP contribution in [-0.2, 0) is 11.3 Å². The van der Waals surface area contributed by atoms with Crippen molar-refractivity contribution in [1.29, 1.82) is 0 Å². The van der Waals surface area contributed by atoms with Gasteiger partial charge >= 0.3 is 0 Å². The Balaban J connectivity index is 1.29. The molecule has 0 bridgehead atoms. The number of aryl methyl sites for hydroxylation is 1. The Labute approximate surface area is 213 Å². The van der Waals surface area contributed by atoms with E-state index >= 15 is 0 Å². The van der Waals surface area contributed by atoms with Gasteiger partial charge in [0.1, 0.15) is 6.04 Å². The molecule has 1 aliphatic rings. The number of nitrogens with one attached hydrogen (secondary N) is 2. The minimum absolute atomic E-state index is 0.261. The zero-order valence-electron chi connectivity index (χ0n) is 20.9. The van der Waals surface area contributed by atoms with Gasteiger partial charge in [0.15, 0.2) is 0 Å². The number of hydrogen-bond donors (Lipinski definition) is 3. The summed E-state index contributed by atoms with van der Waals surface area (Å²) in [7, 11) is 0. The molecule has 0 aliphatic heterocycles. The normalized spacial score (nSPS) is 17.3. The summed E-state index contributed by atoms with van der Waals surface area (Å²) in [6.07, 6.45) is 3.43. The van der Waals surface area contributed by atoms with Crippen LogP contribution in [0.1, 0.15) is 58.6 Å². The van der Waals surface area contributed by atoms with Gasteiger partial charge in [0.2, 0.25) is 0 Å². The van der Waals surface area contributed by atoms with Crippen molar-refractivity contribution in [2.75, 3.05) is 6.54 Å². The number of unbranched alkanes of at least 4 members (excludes halogenated alkanes) is 1. The summed E-state index contributed by atoms with van der Waals surface area (Å²) in [5.41, 5.74) is 3.94. The van der Waals surface area contributed by atoms with Crippen LogP contribution >= 0.6 is 0 Å². The molecule has 0 aromatic heterocycles. The summed E-state index contributed by atoms with van der Waals surface area (Å²) >= 11 is 0. The Morgan fingerprint density at radius 2 is 1.61 bits per heavy atom. The van der Waals surface area contributed by atoms with Crippen LogP contribution in [0.25, 0.3) is 0 Å². The number of hydrazine groups is 1. The van der Waals surface area contributed by atoms with Gasteiger partial charge < -0.3 is 10.6 Å². The van der Waals surface area contributed by atoms with Crippen LogP contribution in [0, 0.1) is 6.92 Å². The maximum absolute atomic E-state index is 13.2. The summed E-state index contributed by atoms with van der Waals surface area (Å²) in [6.45, 7) is 3.15. The number of benzene rings is 3. The first kappa shape index (κ1) is 25.6. The van der Waals surface area contributed by atoms with Gasteiger partial charge in [0.05, 0.1) is 6.54 Å². The van der Waals surface area contributed by atoms with Gasteiger partial charge in [-0.2, -0.15) is 0 Å². The van der Waals surface area contributed by atoms with Gasteiger partial charge in [-0.1, -0.05) is 78.4 Å². The van der Waals surface area contributed by atoms with E-state index in [4.69, 9.17) is 5.84 Å². The summed E-state index contributed by atoms with van der Waals surface area (Å²) < 4.78 is 0. The molecule has 6 heteroatoms. The maximum Gasteiger partial charge on any atom is 0.259 e. The Kier molecular flexibility index (Phi) is 8.87. The maximum atomic E-state index is 13.2. The van der Waals surface area contributed by atoms with E-state index in [1.807, 2.05) is 55.5 Å². The lowest BCUT2D eigenvalue weighted by Gasteiger charge is -2.24. The number of carbonyl (C=O) groups excluding carboxylic acids is 2. The molecule has 2 amide bonds. The largest absolute Gasteiger partial charge is 0.340 e. The molecule has 6 nitrogen and oxygen atoms in total. The van der Waals surface area contributed by atoms with Crippen molar-refractivity contribution in [3.63, 3.8) is 0 Å². The number of rotatable bonds is 12. The van der Waals surface area contributed by atoms with Crippen molar-refractivity contribution in [3.05, 3.63) is 107 Å². The monoisotopic (exact) mass is 484 g/mol. The molecule has 3 aromatic carbocycles. The van der Waals surface area contributed by atoms with Crippen molar-refractivity contribution >= 4 is 11.8 Å². The number of amides is 2. The summed E-state index contributed by atoms with van der Waals surface area (Å²) in [5.74, 6) is 6.21. The third-order valence-electron chi connectivity index (χ3n) is 6.74. The fraction of sp³-hybridized carbons (Fsp3) is 0.333. The zero-order chi connectivity index (χ0) is 25.3. The molecular weight excluding hydrogens is 448 g/mol. The lowest BCUT2D eigenvalue weighted by molar-refractivity contribution is -0.134. The molecule has 0 spiro atoms. The highest BCUT2D eigenvalue weighted by Gasteiger charge is 2.37. The Morgan fingerprint density at radius 3 is 2.31 bits per heavy atom. The Morgan fingerprint density at radius 1 is 0.944 bits per heavy atom. The predicted octanol–water partition coefficient (Wildman–Crippen LogP) is 4.31. The molecule has 0 heterocycles. The van der Waals surface area contributed by atoms with Crippen molar-refractivity contribution in [2.24, 2.45) is 5.84 Å². The standard InChI is InChI=1S/C30H36N4O2/c1-22-15-17-25(18-16-22)29(35)33-27(30(36)34(31)21-23-10-4-2-5-11-23)14-8-9-19-32-28-20-26(28)24-12-6-3-7-13-24/h2-7,10-13,15-18,26-28,32H,8-9,14,19-21,31H2,1H3,(H,33,35)/t26?,27-,28?/m0/s1.